The number of fused-ring (bicyclic) bond motifs is 1. The third-order valence-corrected chi connectivity index (χ3v) is 2.68. The molecule has 1 N–H and O–H groups in total. The molecule has 1 atom stereocenters. The Morgan fingerprint density at radius 2 is 2.42 bits per heavy atom. The van der Waals surface area contributed by atoms with E-state index in [4.69, 9.17) is 0 Å². The van der Waals surface area contributed by atoms with Gasteiger partial charge >= 0.3 is 0 Å². The summed E-state index contributed by atoms with van der Waals surface area (Å²) in [4.78, 5) is 0. The molecule has 1 aromatic rings. The topological polar surface area (TPSA) is 15.9 Å². The molecule has 12 heavy (non-hydrogen) atoms. The number of nitrogens with one attached hydrogen (secondary N) is 1. The number of alkyl halides is 1. The summed E-state index contributed by atoms with van der Waals surface area (Å²) in [7, 11) is 0. The Morgan fingerprint density at radius 1 is 1.58 bits per heavy atom. The Balaban J connectivity index is 0.000000720. The largest absolute Gasteiger partial charge is 0.274 e. The normalized spacial score (nSPS) is 19.2. The molecular weight excluding hydrogens is 284 g/mol. The first-order valence-electron chi connectivity index (χ1n) is 3.71. The molecule has 4 heteroatoms. The molecule has 0 aromatic carbocycles. The average Bonchev–Trinajstić information content (AvgIpc) is 2.46. The highest BCUT2D eigenvalue weighted by molar-refractivity contribution is 9.09. The van der Waals surface area contributed by atoms with Crippen LogP contribution in [0.3, 0.4) is 0 Å². The van der Waals surface area contributed by atoms with Crippen molar-refractivity contribution in [3.63, 3.8) is 0 Å². The van der Waals surface area contributed by atoms with E-state index in [2.05, 4.69) is 50.2 Å². The fraction of sp³-hybridized carbons (Fsp3) is 0.375. The van der Waals surface area contributed by atoms with Gasteiger partial charge in [-0.05, 0) is 6.07 Å². The van der Waals surface area contributed by atoms with Crippen LogP contribution in [0.5, 0.6) is 0 Å². The van der Waals surface area contributed by atoms with Crippen LogP contribution in [0.1, 0.15) is 0 Å². The second-order valence-corrected chi connectivity index (χ2v) is 3.38. The molecule has 1 aliphatic rings. The quantitative estimate of drug-likeness (QED) is 0.616. The molecule has 66 valence electrons. The van der Waals surface area contributed by atoms with Crippen LogP contribution in [0, 0.1) is 0 Å². The van der Waals surface area contributed by atoms with E-state index in [-0.39, 0.29) is 17.0 Å². The number of nitrogens with zero attached hydrogens (tertiary/aromatic N) is 1. The Labute approximate surface area is 90.9 Å². The van der Waals surface area contributed by atoms with Gasteiger partial charge in [-0.3, -0.25) is 5.32 Å². The van der Waals surface area contributed by atoms with Gasteiger partial charge < -0.3 is 0 Å². The van der Waals surface area contributed by atoms with Gasteiger partial charge in [-0.15, -0.1) is 17.0 Å². The lowest BCUT2D eigenvalue weighted by Gasteiger charge is -1.94. The number of aromatic nitrogens is 1. The van der Waals surface area contributed by atoms with E-state index in [0.717, 1.165) is 11.9 Å². The van der Waals surface area contributed by atoms with Crippen LogP contribution >= 0.6 is 32.9 Å². The van der Waals surface area contributed by atoms with Crippen LogP contribution in [0.15, 0.2) is 24.4 Å². The maximum absolute atomic E-state index is 3.46. The highest BCUT2D eigenvalue weighted by Crippen LogP contribution is 2.10. The number of hydrogen-bond donors (Lipinski definition) is 1. The first kappa shape index (κ1) is 9.99. The van der Waals surface area contributed by atoms with Crippen LogP contribution in [-0.2, 0) is 6.54 Å². The molecule has 1 aromatic heterocycles. The molecule has 1 unspecified atom stereocenters. The number of halogens is 2. The molecule has 0 fully saturated rings. The smallest absolute Gasteiger partial charge is 0.267 e. The standard InChI is InChI=1S/C8H9BrN2.BrH/c9-5-7-6-11-4-2-1-3-8(11)10-7;/h1-4,7H,5-6H2;1H/p+1. The minimum atomic E-state index is 0. The summed E-state index contributed by atoms with van der Waals surface area (Å²) >= 11 is 3.46. The van der Waals surface area contributed by atoms with Gasteiger partial charge in [0.2, 0.25) is 0 Å². The van der Waals surface area contributed by atoms with Gasteiger partial charge in [0.25, 0.3) is 5.82 Å². The molecule has 2 nitrogen and oxygen atoms in total. The lowest BCUT2D eigenvalue weighted by molar-refractivity contribution is -0.673. The predicted molar refractivity (Wildman–Crippen MR) is 58.2 cm³/mol. The Bertz CT molecular complexity index is 240. The van der Waals surface area contributed by atoms with Crippen LogP contribution in [0.25, 0.3) is 0 Å². The molecule has 0 aliphatic carbocycles. The van der Waals surface area contributed by atoms with Crippen molar-refractivity contribution in [2.24, 2.45) is 0 Å². The van der Waals surface area contributed by atoms with Crippen LogP contribution in [0.4, 0.5) is 5.82 Å². The number of pyridine rings is 1. The van der Waals surface area contributed by atoms with Crippen molar-refractivity contribution in [1.82, 2.24) is 0 Å². The minimum absolute atomic E-state index is 0. The predicted octanol–water partition coefficient (Wildman–Crippen LogP) is 1.74. The lowest BCUT2D eigenvalue weighted by atomic mass is 10.4. The van der Waals surface area contributed by atoms with Crippen LogP contribution in [0.2, 0.25) is 0 Å². The van der Waals surface area contributed by atoms with E-state index in [9.17, 15) is 0 Å². The van der Waals surface area contributed by atoms with Crippen molar-refractivity contribution < 1.29 is 4.57 Å². The first-order valence-corrected chi connectivity index (χ1v) is 4.83. The van der Waals surface area contributed by atoms with Crippen LogP contribution < -0.4 is 9.88 Å². The third kappa shape index (κ3) is 1.80. The molecule has 2 rings (SSSR count). The maximum Gasteiger partial charge on any atom is 0.274 e. The zero-order valence-corrected chi connectivity index (χ0v) is 9.83. The summed E-state index contributed by atoms with van der Waals surface area (Å²) in [5.41, 5.74) is 0. The van der Waals surface area contributed by atoms with Gasteiger partial charge in [-0.25, -0.2) is 4.57 Å². The monoisotopic (exact) mass is 293 g/mol. The van der Waals surface area contributed by atoms with Gasteiger partial charge in [-0.1, -0.05) is 22.0 Å². The second-order valence-electron chi connectivity index (χ2n) is 2.73. The molecule has 0 saturated heterocycles. The van der Waals surface area contributed by atoms with E-state index < -0.39 is 0 Å². The number of rotatable bonds is 1. The summed E-state index contributed by atoms with van der Waals surface area (Å²) in [6.45, 7) is 1.07. The second kappa shape index (κ2) is 4.23. The van der Waals surface area contributed by atoms with Gasteiger partial charge in [0.1, 0.15) is 12.6 Å². The lowest BCUT2D eigenvalue weighted by Crippen LogP contribution is -2.32. The molecule has 2 heterocycles. The summed E-state index contributed by atoms with van der Waals surface area (Å²) in [5, 5.41) is 4.41. The summed E-state index contributed by atoms with van der Waals surface area (Å²) in [6, 6.07) is 6.76. The molecule has 0 radical (unpaired) electrons. The highest BCUT2D eigenvalue weighted by Gasteiger charge is 2.25. The van der Waals surface area contributed by atoms with E-state index in [0.29, 0.717) is 6.04 Å². The average molecular weight is 295 g/mol. The fourth-order valence-electron chi connectivity index (χ4n) is 1.35. The van der Waals surface area contributed by atoms with Crippen molar-refractivity contribution in [1.29, 1.82) is 0 Å². The van der Waals surface area contributed by atoms with Gasteiger partial charge in [-0.2, -0.15) is 0 Å². The number of hydrogen-bond acceptors (Lipinski definition) is 1. The van der Waals surface area contributed by atoms with E-state index >= 15 is 0 Å². The van der Waals surface area contributed by atoms with Crippen molar-refractivity contribution in [3.05, 3.63) is 24.4 Å². The SMILES string of the molecule is Br.BrCC1C[n+]2ccccc2N1. The Kier molecular flexibility index (Phi) is 3.53. The zero-order valence-electron chi connectivity index (χ0n) is 6.53. The molecule has 0 spiro atoms. The van der Waals surface area contributed by atoms with Crippen LogP contribution in [-0.4, -0.2) is 11.4 Å². The van der Waals surface area contributed by atoms with E-state index in [1.54, 1.807) is 0 Å². The highest BCUT2D eigenvalue weighted by atomic mass is 79.9. The van der Waals surface area contributed by atoms with E-state index in [1.165, 1.54) is 5.82 Å². The third-order valence-electron chi connectivity index (χ3n) is 1.90. The minimum Gasteiger partial charge on any atom is -0.267 e. The number of anilines is 1. The van der Waals surface area contributed by atoms with Crippen molar-refractivity contribution in [3.8, 4) is 0 Å². The van der Waals surface area contributed by atoms with Gasteiger partial charge in [0.05, 0.1) is 6.20 Å². The maximum atomic E-state index is 3.46. The molecule has 0 amide bonds. The van der Waals surface area contributed by atoms with Crippen molar-refractivity contribution in [2.45, 2.75) is 12.6 Å². The summed E-state index contributed by atoms with van der Waals surface area (Å²) in [6.07, 6.45) is 2.10. The van der Waals surface area contributed by atoms with E-state index in [1.807, 2.05) is 0 Å². The summed E-state index contributed by atoms with van der Waals surface area (Å²) in [5.74, 6) is 1.22. The molecule has 1 aliphatic heterocycles. The molecular formula is C8H11Br2N2+. The van der Waals surface area contributed by atoms with Crippen molar-refractivity contribution >= 4 is 38.7 Å². The first-order chi connectivity index (χ1) is 5.40. The zero-order chi connectivity index (χ0) is 7.68. The van der Waals surface area contributed by atoms with Crippen molar-refractivity contribution in [2.75, 3.05) is 10.6 Å². The fourth-order valence-corrected chi connectivity index (χ4v) is 1.71. The molecule has 0 bridgehead atoms. The van der Waals surface area contributed by atoms with Gasteiger partial charge in [0.15, 0.2) is 0 Å². The Hall–Kier alpha value is -0.0900. The Morgan fingerprint density at radius 3 is 3.08 bits per heavy atom. The summed E-state index contributed by atoms with van der Waals surface area (Å²) < 4.78 is 2.23. The molecule has 0 saturated carbocycles. The van der Waals surface area contributed by atoms with Gasteiger partial charge in [0, 0.05) is 11.4 Å².